The Balaban J connectivity index is 2.44. The van der Waals surface area contributed by atoms with Crippen LogP contribution >= 0.6 is 0 Å². The number of para-hydroxylation sites is 1. The number of carbonyl (C=O) groups excluding carboxylic acids is 1. The molecular weight excluding hydrogens is 332 g/mol. The van der Waals surface area contributed by atoms with Crippen molar-refractivity contribution in [1.82, 2.24) is 4.98 Å². The van der Waals surface area contributed by atoms with E-state index in [1.165, 1.54) is 4.90 Å². The van der Waals surface area contributed by atoms with Crippen molar-refractivity contribution in [3.05, 3.63) is 47.7 Å². The molecule has 0 N–H and O–H groups in total. The van der Waals surface area contributed by atoms with Crippen molar-refractivity contribution in [1.29, 1.82) is 0 Å². The van der Waals surface area contributed by atoms with Gasteiger partial charge in [0.25, 0.3) is 0 Å². The van der Waals surface area contributed by atoms with Crippen LogP contribution in [-0.4, -0.2) is 30.9 Å². The van der Waals surface area contributed by atoms with Crippen molar-refractivity contribution in [2.24, 2.45) is 0 Å². The van der Waals surface area contributed by atoms with E-state index in [-0.39, 0.29) is 6.54 Å². The minimum absolute atomic E-state index is 0.242. The topological polar surface area (TPSA) is 60.9 Å². The molecule has 140 valence electrons. The molecule has 0 aliphatic rings. The number of methoxy groups -OCH3 is 2. The van der Waals surface area contributed by atoms with Gasteiger partial charge in [-0.25, -0.2) is 9.78 Å². The molecule has 26 heavy (non-hydrogen) atoms. The number of benzene rings is 1. The average molecular weight is 358 g/mol. The van der Waals surface area contributed by atoms with Crippen LogP contribution in [0.4, 0.5) is 10.6 Å². The lowest BCUT2D eigenvalue weighted by Crippen LogP contribution is -2.37. The van der Waals surface area contributed by atoms with E-state index in [4.69, 9.17) is 14.2 Å². The molecule has 0 saturated heterocycles. The number of pyridine rings is 1. The summed E-state index contributed by atoms with van der Waals surface area (Å²) < 4.78 is 16.4. The van der Waals surface area contributed by atoms with Gasteiger partial charge in [-0.15, -0.1) is 0 Å². The predicted octanol–water partition coefficient (Wildman–Crippen LogP) is 4.35. The number of nitrogens with zero attached hydrogens (tertiary/aromatic N) is 2. The maximum Gasteiger partial charge on any atom is 0.416 e. The SMILES string of the molecule is COc1cccc(CN(C(=O)OC(C)(C)C)c2cc(C)ccn2)c1OC. The first-order valence-electron chi connectivity index (χ1n) is 8.38. The highest BCUT2D eigenvalue weighted by molar-refractivity contribution is 5.86. The third kappa shape index (κ3) is 4.88. The molecule has 6 heteroatoms. The van der Waals surface area contributed by atoms with Gasteiger partial charge < -0.3 is 14.2 Å². The van der Waals surface area contributed by atoms with Gasteiger partial charge in [-0.1, -0.05) is 12.1 Å². The zero-order valence-electron chi connectivity index (χ0n) is 16.2. The van der Waals surface area contributed by atoms with Crippen LogP contribution in [0.5, 0.6) is 11.5 Å². The molecule has 1 aromatic carbocycles. The number of ether oxygens (including phenoxy) is 3. The Labute approximate surface area is 154 Å². The van der Waals surface area contributed by atoms with Crippen LogP contribution in [-0.2, 0) is 11.3 Å². The lowest BCUT2D eigenvalue weighted by atomic mass is 10.1. The van der Waals surface area contributed by atoms with Crippen molar-refractivity contribution in [2.75, 3.05) is 19.1 Å². The number of hydrogen-bond donors (Lipinski definition) is 0. The maximum absolute atomic E-state index is 12.8. The van der Waals surface area contributed by atoms with Gasteiger partial charge in [-0.05, 0) is 51.5 Å². The number of aryl methyl sites for hydroxylation is 1. The van der Waals surface area contributed by atoms with E-state index in [9.17, 15) is 4.79 Å². The molecular formula is C20H26N2O4. The molecule has 0 aliphatic heterocycles. The first-order chi connectivity index (χ1) is 12.2. The van der Waals surface area contributed by atoms with Crippen LogP contribution in [0.2, 0.25) is 0 Å². The van der Waals surface area contributed by atoms with Crippen LogP contribution in [0, 0.1) is 6.92 Å². The fraction of sp³-hybridized carbons (Fsp3) is 0.400. The third-order valence-electron chi connectivity index (χ3n) is 3.60. The molecule has 0 bridgehead atoms. The van der Waals surface area contributed by atoms with Crippen molar-refractivity contribution in [3.63, 3.8) is 0 Å². The van der Waals surface area contributed by atoms with E-state index in [2.05, 4.69) is 4.98 Å². The third-order valence-corrected chi connectivity index (χ3v) is 3.60. The van der Waals surface area contributed by atoms with Gasteiger partial charge in [0.1, 0.15) is 11.4 Å². The van der Waals surface area contributed by atoms with E-state index in [0.29, 0.717) is 17.3 Å². The Morgan fingerprint density at radius 2 is 1.88 bits per heavy atom. The molecule has 0 saturated carbocycles. The molecule has 0 radical (unpaired) electrons. The Morgan fingerprint density at radius 1 is 1.15 bits per heavy atom. The highest BCUT2D eigenvalue weighted by atomic mass is 16.6. The van der Waals surface area contributed by atoms with Gasteiger partial charge in [-0.3, -0.25) is 4.90 Å². The molecule has 1 aromatic heterocycles. The van der Waals surface area contributed by atoms with Gasteiger partial charge in [0.15, 0.2) is 11.5 Å². The van der Waals surface area contributed by atoms with Crippen LogP contribution in [0.15, 0.2) is 36.5 Å². The largest absolute Gasteiger partial charge is 0.493 e. The highest BCUT2D eigenvalue weighted by Crippen LogP contribution is 2.32. The van der Waals surface area contributed by atoms with Crippen LogP contribution in [0.1, 0.15) is 31.9 Å². The molecule has 1 amide bonds. The first kappa shape index (κ1) is 19.6. The van der Waals surface area contributed by atoms with Gasteiger partial charge in [-0.2, -0.15) is 0 Å². The van der Waals surface area contributed by atoms with Crippen molar-refractivity contribution in [2.45, 2.75) is 39.8 Å². The second-order valence-electron chi connectivity index (χ2n) is 6.91. The summed E-state index contributed by atoms with van der Waals surface area (Å²) >= 11 is 0. The maximum atomic E-state index is 12.8. The minimum Gasteiger partial charge on any atom is -0.493 e. The summed E-state index contributed by atoms with van der Waals surface area (Å²) in [6.07, 6.45) is 1.20. The molecule has 1 heterocycles. The van der Waals surface area contributed by atoms with E-state index in [1.54, 1.807) is 20.4 Å². The van der Waals surface area contributed by atoms with E-state index >= 15 is 0 Å². The van der Waals surface area contributed by atoms with E-state index < -0.39 is 11.7 Å². The molecule has 2 aromatic rings. The zero-order valence-corrected chi connectivity index (χ0v) is 16.2. The second-order valence-corrected chi connectivity index (χ2v) is 6.91. The van der Waals surface area contributed by atoms with Crippen LogP contribution < -0.4 is 14.4 Å². The molecule has 0 fully saturated rings. The fourth-order valence-electron chi connectivity index (χ4n) is 2.47. The minimum atomic E-state index is -0.613. The molecule has 6 nitrogen and oxygen atoms in total. The Hall–Kier alpha value is -2.76. The lowest BCUT2D eigenvalue weighted by molar-refractivity contribution is 0.0576. The van der Waals surface area contributed by atoms with Gasteiger partial charge >= 0.3 is 6.09 Å². The van der Waals surface area contributed by atoms with Crippen LogP contribution in [0.3, 0.4) is 0 Å². The molecule has 0 spiro atoms. The Morgan fingerprint density at radius 3 is 2.46 bits per heavy atom. The second kappa shape index (κ2) is 8.08. The monoisotopic (exact) mass is 358 g/mol. The molecule has 0 aliphatic carbocycles. The number of hydrogen-bond acceptors (Lipinski definition) is 5. The standard InChI is InChI=1S/C20H26N2O4/c1-14-10-11-21-17(12-14)22(19(23)26-20(2,3)4)13-15-8-7-9-16(24-5)18(15)25-6/h7-12H,13H2,1-6H3. The molecule has 0 atom stereocenters. The fourth-order valence-corrected chi connectivity index (χ4v) is 2.47. The smallest absolute Gasteiger partial charge is 0.416 e. The summed E-state index contributed by atoms with van der Waals surface area (Å²) in [5.41, 5.74) is 1.18. The summed E-state index contributed by atoms with van der Waals surface area (Å²) in [5.74, 6) is 1.70. The van der Waals surface area contributed by atoms with Gasteiger partial charge in [0.2, 0.25) is 0 Å². The summed E-state index contributed by atoms with van der Waals surface area (Å²) in [6, 6.07) is 9.27. The first-order valence-corrected chi connectivity index (χ1v) is 8.38. The highest BCUT2D eigenvalue weighted by Gasteiger charge is 2.26. The average Bonchev–Trinajstić information content (AvgIpc) is 2.57. The summed E-state index contributed by atoms with van der Waals surface area (Å²) in [4.78, 5) is 18.7. The van der Waals surface area contributed by atoms with E-state index in [0.717, 1.165) is 11.1 Å². The van der Waals surface area contributed by atoms with Crippen molar-refractivity contribution in [3.8, 4) is 11.5 Å². The number of anilines is 1. The van der Waals surface area contributed by atoms with E-state index in [1.807, 2.05) is 58.0 Å². The summed E-state index contributed by atoms with van der Waals surface area (Å²) in [7, 11) is 3.15. The Kier molecular flexibility index (Phi) is 6.08. The number of carbonyl (C=O) groups is 1. The quantitative estimate of drug-likeness (QED) is 0.795. The zero-order chi connectivity index (χ0) is 19.3. The summed E-state index contributed by atoms with van der Waals surface area (Å²) in [6.45, 7) is 7.69. The van der Waals surface area contributed by atoms with Crippen molar-refractivity contribution < 1.29 is 19.0 Å². The number of aromatic nitrogens is 1. The molecule has 0 unspecified atom stereocenters. The van der Waals surface area contributed by atoms with Crippen LogP contribution in [0.25, 0.3) is 0 Å². The summed E-state index contributed by atoms with van der Waals surface area (Å²) in [5, 5.41) is 0. The lowest BCUT2D eigenvalue weighted by Gasteiger charge is -2.27. The van der Waals surface area contributed by atoms with Gasteiger partial charge in [0, 0.05) is 11.8 Å². The normalized spacial score (nSPS) is 11.0. The van der Waals surface area contributed by atoms with Gasteiger partial charge in [0.05, 0.1) is 20.8 Å². The molecule has 2 rings (SSSR count). The Bertz CT molecular complexity index is 769. The predicted molar refractivity (Wildman–Crippen MR) is 101 cm³/mol. The van der Waals surface area contributed by atoms with Crippen molar-refractivity contribution >= 4 is 11.9 Å². The number of rotatable bonds is 5. The number of amides is 1.